The van der Waals surface area contributed by atoms with Crippen LogP contribution in [-0.2, 0) is 29.2 Å². The second-order valence-corrected chi connectivity index (χ2v) is 14.4. The van der Waals surface area contributed by atoms with E-state index in [1.807, 2.05) is 54.6 Å². The first-order valence-corrected chi connectivity index (χ1v) is 19.0. The zero-order chi connectivity index (χ0) is 38.3. The Labute approximate surface area is 330 Å². The highest BCUT2D eigenvalue weighted by Gasteiger charge is 2.25. The molecule has 0 aliphatic carbocycles. The first kappa shape index (κ1) is 38.1. The molecule has 2 atom stereocenters. The fraction of sp³-hybridized carbons (Fsp3) is 0.317. The summed E-state index contributed by atoms with van der Waals surface area (Å²) in [6, 6.07) is 21.8. The van der Waals surface area contributed by atoms with Gasteiger partial charge in [-0.1, -0.05) is 89.9 Å². The van der Waals surface area contributed by atoms with Crippen LogP contribution in [-0.4, -0.2) is 76.0 Å². The molecule has 284 valence electrons. The number of methoxy groups -OCH3 is 2. The van der Waals surface area contributed by atoms with E-state index in [9.17, 15) is 9.59 Å². The van der Waals surface area contributed by atoms with Crippen LogP contribution in [0.2, 0.25) is 10.0 Å². The molecular weight excluding hydrogens is 739 g/mol. The zero-order valence-corrected chi connectivity index (χ0v) is 32.2. The van der Waals surface area contributed by atoms with Crippen molar-refractivity contribution in [3.8, 4) is 45.4 Å². The van der Waals surface area contributed by atoms with Crippen molar-refractivity contribution in [2.45, 2.75) is 57.4 Å². The summed E-state index contributed by atoms with van der Waals surface area (Å²) in [6.07, 6.45) is 6.07. The van der Waals surface area contributed by atoms with Gasteiger partial charge in [0.1, 0.15) is 11.4 Å². The largest absolute Gasteiger partial charge is 0.480 e. The van der Waals surface area contributed by atoms with Crippen LogP contribution in [0.5, 0.6) is 11.8 Å². The minimum Gasteiger partial charge on any atom is -0.480 e. The molecule has 5 aromatic rings. The molecule has 2 saturated heterocycles. The second-order valence-electron chi connectivity index (χ2n) is 13.6. The number of carbonyl (C=O) groups is 2. The van der Waals surface area contributed by atoms with Crippen molar-refractivity contribution in [1.29, 1.82) is 0 Å². The van der Waals surface area contributed by atoms with E-state index in [0.717, 1.165) is 18.4 Å². The summed E-state index contributed by atoms with van der Waals surface area (Å²) in [5.41, 5.74) is 6.34. The highest BCUT2D eigenvalue weighted by Crippen LogP contribution is 2.42. The SMILES string of the molecule is COc1nc(-c2cccc(-c3cccc(-c4cnc(CN(Cc5ccccc5)CC5CCC(=O)N5)c(OC)n4)c3Cl)c2Cl)cnc1CNCC1CCC(=O)N1. The summed E-state index contributed by atoms with van der Waals surface area (Å²) in [6.45, 7) is 2.88. The Balaban J connectivity index is 1.11. The van der Waals surface area contributed by atoms with Gasteiger partial charge in [-0.05, 0) is 18.4 Å². The number of aromatic nitrogens is 4. The Bertz CT molecular complexity index is 2170. The van der Waals surface area contributed by atoms with Crippen LogP contribution < -0.4 is 25.4 Å². The smallest absolute Gasteiger partial charge is 0.237 e. The Morgan fingerprint density at radius 1 is 0.709 bits per heavy atom. The van der Waals surface area contributed by atoms with Gasteiger partial charge in [-0.15, -0.1) is 0 Å². The van der Waals surface area contributed by atoms with Gasteiger partial charge in [-0.25, -0.2) is 9.97 Å². The highest BCUT2D eigenvalue weighted by atomic mass is 35.5. The molecule has 3 N–H and O–H groups in total. The van der Waals surface area contributed by atoms with Crippen LogP contribution in [0.1, 0.15) is 42.6 Å². The third-order valence-electron chi connectivity index (χ3n) is 9.80. The van der Waals surface area contributed by atoms with E-state index in [2.05, 4.69) is 38.0 Å². The predicted octanol–water partition coefficient (Wildman–Crippen LogP) is 6.24. The number of nitrogens with one attached hydrogen (secondary N) is 3. The number of hydrogen-bond donors (Lipinski definition) is 3. The van der Waals surface area contributed by atoms with Gasteiger partial charge in [-0.2, -0.15) is 0 Å². The molecule has 3 aromatic carbocycles. The van der Waals surface area contributed by atoms with Gasteiger partial charge in [0.05, 0.1) is 48.0 Å². The molecule has 0 radical (unpaired) electrons. The van der Waals surface area contributed by atoms with E-state index in [1.165, 1.54) is 0 Å². The van der Waals surface area contributed by atoms with Gasteiger partial charge in [0, 0.05) is 79.9 Å². The molecule has 12 nitrogen and oxygen atoms in total. The number of ether oxygens (including phenoxy) is 2. The van der Waals surface area contributed by atoms with Gasteiger partial charge in [-0.3, -0.25) is 24.5 Å². The topological polar surface area (TPSA) is 143 Å². The number of halogens is 2. The summed E-state index contributed by atoms with van der Waals surface area (Å²) in [7, 11) is 3.14. The Morgan fingerprint density at radius 2 is 1.25 bits per heavy atom. The van der Waals surface area contributed by atoms with Crippen LogP contribution in [0.15, 0.2) is 79.1 Å². The van der Waals surface area contributed by atoms with Crippen molar-refractivity contribution in [2.24, 2.45) is 0 Å². The van der Waals surface area contributed by atoms with E-state index in [4.69, 9.17) is 47.6 Å². The van der Waals surface area contributed by atoms with Gasteiger partial charge in [0.25, 0.3) is 0 Å². The van der Waals surface area contributed by atoms with Crippen molar-refractivity contribution in [1.82, 2.24) is 40.8 Å². The standard InChI is InChI=1S/C41H42Cl2N8O4/c1-54-40-34(19-44-18-26-14-16-36(52)47-26)45-20-32(49-40)30-12-6-10-28(38(30)42)29-11-7-13-31(39(29)43)33-21-46-35(41(50-33)55-2)24-51(22-25-8-4-3-5-9-25)23-27-15-17-37(53)48-27/h3-13,20-21,26-27,44H,14-19,22-24H2,1-2H3,(H,47,52)(H,48,53). The zero-order valence-electron chi connectivity index (χ0n) is 30.6. The molecule has 2 unspecified atom stereocenters. The van der Waals surface area contributed by atoms with Crippen molar-refractivity contribution < 1.29 is 19.1 Å². The molecule has 0 spiro atoms. The van der Waals surface area contributed by atoms with Crippen LogP contribution in [0.25, 0.3) is 33.6 Å². The lowest BCUT2D eigenvalue weighted by molar-refractivity contribution is -0.120. The summed E-state index contributed by atoms with van der Waals surface area (Å²) < 4.78 is 11.4. The summed E-state index contributed by atoms with van der Waals surface area (Å²) in [5.74, 6) is 0.935. The molecule has 0 bridgehead atoms. The third kappa shape index (κ3) is 9.05. The van der Waals surface area contributed by atoms with Gasteiger partial charge in [0.2, 0.25) is 23.6 Å². The normalized spacial score (nSPS) is 16.7. The van der Waals surface area contributed by atoms with Crippen molar-refractivity contribution in [3.05, 3.63) is 106 Å². The Morgan fingerprint density at radius 3 is 1.82 bits per heavy atom. The second kappa shape index (κ2) is 17.5. The van der Waals surface area contributed by atoms with Crippen LogP contribution in [0, 0.1) is 0 Å². The van der Waals surface area contributed by atoms with E-state index in [0.29, 0.717) is 112 Å². The number of amides is 2. The van der Waals surface area contributed by atoms with Crippen molar-refractivity contribution >= 4 is 35.0 Å². The lowest BCUT2D eigenvalue weighted by Crippen LogP contribution is -2.38. The molecule has 55 heavy (non-hydrogen) atoms. The third-order valence-corrected chi connectivity index (χ3v) is 10.6. The monoisotopic (exact) mass is 780 g/mol. The van der Waals surface area contributed by atoms with E-state index in [-0.39, 0.29) is 23.9 Å². The van der Waals surface area contributed by atoms with E-state index in [1.54, 1.807) is 26.6 Å². The highest BCUT2D eigenvalue weighted by molar-refractivity contribution is 6.39. The number of nitrogens with zero attached hydrogens (tertiary/aromatic N) is 5. The number of carbonyl (C=O) groups excluding carboxylic acids is 2. The average Bonchev–Trinajstić information content (AvgIpc) is 3.82. The molecule has 2 amide bonds. The molecule has 2 aliphatic heterocycles. The van der Waals surface area contributed by atoms with Crippen LogP contribution >= 0.6 is 23.2 Å². The number of benzene rings is 3. The fourth-order valence-corrected chi connectivity index (χ4v) is 7.69. The molecule has 2 aliphatic rings. The quantitative estimate of drug-likeness (QED) is 0.112. The van der Waals surface area contributed by atoms with Crippen LogP contribution in [0.3, 0.4) is 0 Å². The molecule has 0 saturated carbocycles. The minimum absolute atomic E-state index is 0.0656. The molecule has 2 fully saturated rings. The van der Waals surface area contributed by atoms with Crippen molar-refractivity contribution in [2.75, 3.05) is 27.3 Å². The van der Waals surface area contributed by atoms with Crippen LogP contribution in [0.4, 0.5) is 0 Å². The van der Waals surface area contributed by atoms with E-state index >= 15 is 0 Å². The Kier molecular flexibility index (Phi) is 12.2. The Hall–Kier alpha value is -5.14. The maximum absolute atomic E-state index is 12.0. The maximum atomic E-state index is 12.0. The number of rotatable bonds is 15. The molecule has 14 heteroatoms. The molecular formula is C41H42Cl2N8O4. The molecule has 7 rings (SSSR count). The number of hydrogen-bond acceptors (Lipinski definition) is 10. The minimum atomic E-state index is 0.0656. The van der Waals surface area contributed by atoms with Gasteiger partial charge >= 0.3 is 0 Å². The summed E-state index contributed by atoms with van der Waals surface area (Å²) in [5, 5.41) is 10.3. The molecule has 4 heterocycles. The first-order chi connectivity index (χ1) is 26.8. The fourth-order valence-electron chi connectivity index (χ4n) is 7.05. The summed E-state index contributed by atoms with van der Waals surface area (Å²) >= 11 is 14.3. The van der Waals surface area contributed by atoms with Gasteiger partial charge in [0.15, 0.2) is 0 Å². The predicted molar refractivity (Wildman–Crippen MR) is 212 cm³/mol. The average molecular weight is 782 g/mol. The lowest BCUT2D eigenvalue weighted by Gasteiger charge is -2.26. The summed E-state index contributed by atoms with van der Waals surface area (Å²) in [4.78, 5) is 44.8. The first-order valence-electron chi connectivity index (χ1n) is 18.2. The van der Waals surface area contributed by atoms with Crippen molar-refractivity contribution in [3.63, 3.8) is 0 Å². The van der Waals surface area contributed by atoms with E-state index < -0.39 is 0 Å². The lowest BCUT2D eigenvalue weighted by atomic mass is 9.98. The maximum Gasteiger partial charge on any atom is 0.237 e. The van der Waals surface area contributed by atoms with Gasteiger partial charge < -0.3 is 25.4 Å². The molecule has 2 aromatic heterocycles.